The van der Waals surface area contributed by atoms with Gasteiger partial charge in [-0.3, -0.25) is 9.59 Å². The minimum absolute atomic E-state index is 0.0165. The molecule has 8 heteroatoms. The average Bonchev–Trinajstić information content (AvgIpc) is 2.72. The predicted molar refractivity (Wildman–Crippen MR) is 110 cm³/mol. The van der Waals surface area contributed by atoms with Crippen LogP contribution in [0.4, 0.5) is 5.69 Å². The Hall–Kier alpha value is -3.26. The molecule has 0 aromatic heterocycles. The van der Waals surface area contributed by atoms with E-state index in [9.17, 15) is 9.59 Å². The van der Waals surface area contributed by atoms with Gasteiger partial charge in [-0.25, -0.2) is 0 Å². The summed E-state index contributed by atoms with van der Waals surface area (Å²) in [6.45, 7) is 0.871. The zero-order valence-corrected chi connectivity index (χ0v) is 16.9. The summed E-state index contributed by atoms with van der Waals surface area (Å²) in [6.07, 6.45) is 0.641. The van der Waals surface area contributed by atoms with E-state index in [-0.39, 0.29) is 12.5 Å². The monoisotopic (exact) mass is 401 g/mol. The SMILES string of the molecule is COCc1ccc(C(N)=O)c(NCC(=O)NCCc2ccc(OC)c(OC)c2)c1. The first-order valence-electron chi connectivity index (χ1n) is 9.11. The van der Waals surface area contributed by atoms with Crippen molar-refractivity contribution in [2.24, 2.45) is 5.73 Å². The molecule has 0 radical (unpaired) electrons. The minimum atomic E-state index is -0.565. The van der Waals surface area contributed by atoms with Crippen molar-refractivity contribution in [1.82, 2.24) is 5.32 Å². The highest BCUT2D eigenvalue weighted by molar-refractivity contribution is 5.99. The van der Waals surface area contributed by atoms with Gasteiger partial charge in [-0.05, 0) is 41.8 Å². The summed E-state index contributed by atoms with van der Waals surface area (Å²) < 4.78 is 15.6. The third-order valence-corrected chi connectivity index (χ3v) is 4.28. The van der Waals surface area contributed by atoms with Crippen LogP contribution >= 0.6 is 0 Å². The summed E-state index contributed by atoms with van der Waals surface area (Å²) in [6, 6.07) is 10.8. The first-order chi connectivity index (χ1) is 14.0. The number of nitrogens with two attached hydrogens (primary N) is 1. The van der Waals surface area contributed by atoms with E-state index in [2.05, 4.69) is 10.6 Å². The fourth-order valence-corrected chi connectivity index (χ4v) is 2.83. The summed E-state index contributed by atoms with van der Waals surface area (Å²) in [5, 5.41) is 5.81. The van der Waals surface area contributed by atoms with E-state index in [4.69, 9.17) is 19.9 Å². The maximum atomic E-state index is 12.2. The minimum Gasteiger partial charge on any atom is -0.493 e. The van der Waals surface area contributed by atoms with Crippen molar-refractivity contribution in [3.05, 3.63) is 53.1 Å². The Kier molecular flexibility index (Phi) is 8.29. The summed E-state index contributed by atoms with van der Waals surface area (Å²) in [5.41, 5.74) is 8.11. The molecule has 29 heavy (non-hydrogen) atoms. The highest BCUT2D eigenvalue weighted by Gasteiger charge is 2.11. The van der Waals surface area contributed by atoms with Crippen molar-refractivity contribution in [3.8, 4) is 11.5 Å². The lowest BCUT2D eigenvalue weighted by molar-refractivity contribution is -0.119. The number of ether oxygens (including phenoxy) is 3. The molecule has 4 N–H and O–H groups in total. The fourth-order valence-electron chi connectivity index (χ4n) is 2.83. The molecule has 0 saturated heterocycles. The van der Waals surface area contributed by atoms with E-state index >= 15 is 0 Å². The van der Waals surface area contributed by atoms with Gasteiger partial charge >= 0.3 is 0 Å². The number of methoxy groups -OCH3 is 3. The Morgan fingerprint density at radius 2 is 1.69 bits per heavy atom. The molecule has 0 aliphatic heterocycles. The largest absolute Gasteiger partial charge is 0.493 e. The van der Waals surface area contributed by atoms with Gasteiger partial charge in [-0.15, -0.1) is 0 Å². The molecule has 0 atom stereocenters. The molecule has 2 aromatic carbocycles. The molecule has 0 fully saturated rings. The second kappa shape index (κ2) is 10.9. The number of carbonyl (C=O) groups is 2. The van der Waals surface area contributed by atoms with E-state index < -0.39 is 5.91 Å². The number of hydrogen-bond acceptors (Lipinski definition) is 6. The molecule has 0 spiro atoms. The summed E-state index contributed by atoms with van der Waals surface area (Å²) in [4.78, 5) is 23.8. The Morgan fingerprint density at radius 3 is 2.34 bits per heavy atom. The average molecular weight is 401 g/mol. The zero-order chi connectivity index (χ0) is 21.2. The Labute approximate surface area is 170 Å². The number of amides is 2. The second-order valence-corrected chi connectivity index (χ2v) is 6.32. The number of benzene rings is 2. The van der Waals surface area contributed by atoms with Gasteiger partial charge in [-0.1, -0.05) is 12.1 Å². The predicted octanol–water partition coefficient (Wildman–Crippen LogP) is 1.72. The lowest BCUT2D eigenvalue weighted by atomic mass is 10.1. The smallest absolute Gasteiger partial charge is 0.250 e. The Bertz CT molecular complexity index is 854. The van der Waals surface area contributed by atoms with Crippen LogP contribution < -0.4 is 25.8 Å². The molecule has 0 unspecified atom stereocenters. The van der Waals surface area contributed by atoms with Gasteiger partial charge in [0, 0.05) is 19.3 Å². The molecule has 0 saturated carbocycles. The van der Waals surface area contributed by atoms with Crippen LogP contribution in [0.1, 0.15) is 21.5 Å². The van der Waals surface area contributed by atoms with Crippen LogP contribution in [0, 0.1) is 0 Å². The van der Waals surface area contributed by atoms with E-state index in [0.29, 0.717) is 42.3 Å². The van der Waals surface area contributed by atoms with E-state index in [1.165, 1.54) is 0 Å². The van der Waals surface area contributed by atoms with E-state index in [0.717, 1.165) is 11.1 Å². The summed E-state index contributed by atoms with van der Waals surface area (Å²) in [7, 11) is 4.75. The third kappa shape index (κ3) is 6.39. The molecule has 156 valence electrons. The Morgan fingerprint density at radius 1 is 0.966 bits per heavy atom. The van der Waals surface area contributed by atoms with Crippen LogP contribution in [0.3, 0.4) is 0 Å². The zero-order valence-electron chi connectivity index (χ0n) is 16.9. The van der Waals surface area contributed by atoms with Crippen molar-refractivity contribution in [1.29, 1.82) is 0 Å². The number of nitrogens with one attached hydrogen (secondary N) is 2. The van der Waals surface area contributed by atoms with Crippen molar-refractivity contribution < 1.29 is 23.8 Å². The number of hydrogen-bond donors (Lipinski definition) is 3. The quantitative estimate of drug-likeness (QED) is 0.529. The van der Waals surface area contributed by atoms with Crippen LogP contribution in [0.2, 0.25) is 0 Å². The van der Waals surface area contributed by atoms with Gasteiger partial charge in [0.25, 0.3) is 5.91 Å². The highest BCUT2D eigenvalue weighted by atomic mass is 16.5. The van der Waals surface area contributed by atoms with Gasteiger partial charge in [0.15, 0.2) is 11.5 Å². The molecular formula is C21H27N3O5. The fraction of sp³-hybridized carbons (Fsp3) is 0.333. The molecule has 0 aliphatic carbocycles. The third-order valence-electron chi connectivity index (χ3n) is 4.28. The van der Waals surface area contributed by atoms with Gasteiger partial charge in [0.05, 0.1) is 32.9 Å². The molecular weight excluding hydrogens is 374 g/mol. The van der Waals surface area contributed by atoms with Crippen molar-refractivity contribution >= 4 is 17.5 Å². The number of anilines is 1. The second-order valence-electron chi connectivity index (χ2n) is 6.32. The maximum Gasteiger partial charge on any atom is 0.250 e. The molecule has 2 amide bonds. The molecule has 0 aliphatic rings. The molecule has 0 heterocycles. The molecule has 2 rings (SSSR count). The van der Waals surface area contributed by atoms with Crippen LogP contribution in [0.5, 0.6) is 11.5 Å². The molecule has 8 nitrogen and oxygen atoms in total. The number of rotatable bonds is 11. The van der Waals surface area contributed by atoms with Crippen LogP contribution in [0.25, 0.3) is 0 Å². The normalized spacial score (nSPS) is 10.3. The maximum absolute atomic E-state index is 12.2. The van der Waals surface area contributed by atoms with Crippen molar-refractivity contribution in [2.75, 3.05) is 39.7 Å². The number of carbonyl (C=O) groups excluding carboxylic acids is 2. The van der Waals surface area contributed by atoms with Gasteiger partial charge < -0.3 is 30.6 Å². The van der Waals surface area contributed by atoms with Crippen molar-refractivity contribution in [3.63, 3.8) is 0 Å². The van der Waals surface area contributed by atoms with Gasteiger partial charge in [0.2, 0.25) is 5.91 Å². The van der Waals surface area contributed by atoms with Crippen molar-refractivity contribution in [2.45, 2.75) is 13.0 Å². The standard InChI is InChI=1S/C21H27N3O5/c1-27-13-15-4-6-16(21(22)26)17(10-15)24-12-20(25)23-9-8-14-5-7-18(28-2)19(11-14)29-3/h4-7,10-11,24H,8-9,12-13H2,1-3H3,(H2,22,26)(H,23,25). The van der Waals surface area contributed by atoms with Gasteiger partial charge in [-0.2, -0.15) is 0 Å². The van der Waals surface area contributed by atoms with Gasteiger partial charge in [0.1, 0.15) is 0 Å². The molecule has 2 aromatic rings. The summed E-state index contributed by atoms with van der Waals surface area (Å²) >= 11 is 0. The van der Waals surface area contributed by atoms with Crippen LogP contribution in [-0.2, 0) is 22.6 Å². The lowest BCUT2D eigenvalue weighted by Gasteiger charge is -2.13. The first kappa shape index (κ1) is 22.0. The van der Waals surface area contributed by atoms with E-state index in [1.807, 2.05) is 18.2 Å². The van der Waals surface area contributed by atoms with Crippen LogP contribution in [0.15, 0.2) is 36.4 Å². The Balaban J connectivity index is 1.89. The topological polar surface area (TPSA) is 112 Å². The molecule has 0 bridgehead atoms. The first-order valence-corrected chi connectivity index (χ1v) is 9.11. The highest BCUT2D eigenvalue weighted by Crippen LogP contribution is 2.27. The number of primary amides is 1. The van der Waals surface area contributed by atoms with E-state index in [1.54, 1.807) is 39.5 Å². The summed E-state index contributed by atoms with van der Waals surface area (Å²) in [5.74, 6) is 0.543. The van der Waals surface area contributed by atoms with Crippen LogP contribution in [-0.4, -0.2) is 46.2 Å². The lowest BCUT2D eigenvalue weighted by Crippen LogP contribution is -2.32.